The van der Waals surface area contributed by atoms with E-state index in [1.54, 1.807) is 13.8 Å². The van der Waals surface area contributed by atoms with Gasteiger partial charge in [0.05, 0.1) is 26.1 Å². The first-order chi connectivity index (χ1) is 46.0. The first-order valence-corrected chi connectivity index (χ1v) is 33.5. The summed E-state index contributed by atoms with van der Waals surface area (Å²) in [4.78, 5) is 201. The number of Topliss-reactive ketones (excluding diaryl/α,β-unsaturated/α-hetero) is 3. The van der Waals surface area contributed by atoms with Gasteiger partial charge in [-0.2, -0.15) is 11.8 Å². The largest absolute Gasteiger partial charge is 0.481 e. The van der Waals surface area contributed by atoms with Gasteiger partial charge in [0.1, 0.15) is 51.2 Å². The van der Waals surface area contributed by atoms with Crippen LogP contribution in [-0.4, -0.2) is 225 Å². The van der Waals surface area contributed by atoms with E-state index < -0.39 is 107 Å². The zero-order chi connectivity index (χ0) is 71.9. The lowest BCUT2D eigenvalue weighted by Gasteiger charge is -2.22. The van der Waals surface area contributed by atoms with Crippen LogP contribution in [0.15, 0.2) is 25.3 Å². The number of hydrogen-bond donors (Lipinski definition) is 5. The number of imide groups is 3. The van der Waals surface area contributed by atoms with Crippen LogP contribution < -0.4 is 21.3 Å². The molecule has 0 fully saturated rings. The number of esters is 5. The number of urea groups is 3. The minimum atomic E-state index is -1.65. The molecule has 0 saturated heterocycles. The molecule has 542 valence electrons. The topological polar surface area (TPSA) is 425 Å². The van der Waals surface area contributed by atoms with Crippen molar-refractivity contribution in [2.75, 3.05) is 110 Å². The average molecular weight is 1390 g/mol. The van der Waals surface area contributed by atoms with Crippen molar-refractivity contribution in [3.63, 3.8) is 0 Å². The minimum Gasteiger partial charge on any atom is -0.481 e. The molecule has 0 bridgehead atoms. The molecule has 0 aliphatic heterocycles. The maximum atomic E-state index is 13.4. The third kappa shape index (κ3) is 42.6. The molecular weight excluding hydrogens is 1290 g/mol. The van der Waals surface area contributed by atoms with Crippen molar-refractivity contribution in [1.82, 2.24) is 36.0 Å². The number of thioether (sulfide) groups is 1. The van der Waals surface area contributed by atoms with Gasteiger partial charge in [-0.3, -0.25) is 38.4 Å². The summed E-state index contributed by atoms with van der Waals surface area (Å²) in [5, 5.41) is 19.4. The highest BCUT2D eigenvalue weighted by molar-refractivity contribution is 7.99. The van der Waals surface area contributed by atoms with Gasteiger partial charge >= 0.3 is 72.2 Å². The molecule has 5 N–H and O–H groups in total. The number of nitrogens with one attached hydrogen (secondary N) is 4. The summed E-state index contributed by atoms with van der Waals surface area (Å²) in [7, 11) is 0. The molecule has 32 nitrogen and oxygen atoms in total. The molecule has 0 saturated carbocycles. The van der Waals surface area contributed by atoms with E-state index >= 15 is 0 Å². The lowest BCUT2D eigenvalue weighted by molar-refractivity contribution is -0.164. The fraction of sp³-hybridized carbons (Fsp3) is 0.683. The summed E-state index contributed by atoms with van der Waals surface area (Å²) in [5.41, 5.74) is 0. The molecule has 0 heterocycles. The number of hydrogen-bond acceptors (Lipinski definition) is 25. The van der Waals surface area contributed by atoms with Gasteiger partial charge in [-0.15, -0.1) is 0 Å². The number of nitrogens with zero attached hydrogens (tertiary/aromatic N) is 3. The molecule has 10 amide bonds. The summed E-state index contributed by atoms with van der Waals surface area (Å²) in [5.74, 6) is -9.75. The Labute approximate surface area is 564 Å². The normalized spacial score (nSPS) is 10.6. The van der Waals surface area contributed by atoms with Crippen LogP contribution in [0.5, 0.6) is 0 Å². The second kappa shape index (κ2) is 55.6. The average Bonchev–Trinajstić information content (AvgIpc) is 1.25. The molecular formula is C63H99N7O25S. The maximum absolute atomic E-state index is 13.4. The summed E-state index contributed by atoms with van der Waals surface area (Å²) in [6.07, 6.45) is 6.71. The van der Waals surface area contributed by atoms with E-state index in [1.165, 1.54) is 11.8 Å². The molecule has 0 atom stereocenters. The first-order valence-electron chi connectivity index (χ1n) is 32.3. The second-order valence-electron chi connectivity index (χ2n) is 21.1. The van der Waals surface area contributed by atoms with Crippen LogP contribution in [0.3, 0.4) is 0 Å². The minimum absolute atomic E-state index is 0.00111. The zero-order valence-electron chi connectivity index (χ0n) is 55.9. The molecule has 0 unspecified atom stereocenters. The van der Waals surface area contributed by atoms with Gasteiger partial charge in [-0.25, -0.2) is 53.1 Å². The first kappa shape index (κ1) is 87.3. The number of rotatable bonds is 54. The summed E-state index contributed by atoms with van der Waals surface area (Å²) < 4.78 is 40.2. The molecule has 0 aromatic heterocycles. The Hall–Kier alpha value is -8.65. The maximum Gasteiger partial charge on any atom is 0.418 e. The van der Waals surface area contributed by atoms with Crippen molar-refractivity contribution in [3.8, 4) is 0 Å². The van der Waals surface area contributed by atoms with Gasteiger partial charge < -0.3 is 64.3 Å². The molecule has 0 spiro atoms. The summed E-state index contributed by atoms with van der Waals surface area (Å²) in [6, 6.07) is -2.29. The van der Waals surface area contributed by atoms with Crippen LogP contribution in [-0.2, 0) is 85.8 Å². The number of aliphatic carboxylic acids is 1. The lowest BCUT2D eigenvalue weighted by Crippen LogP contribution is -2.45. The van der Waals surface area contributed by atoms with Gasteiger partial charge in [-0.1, -0.05) is 70.9 Å². The Kier molecular flexibility index (Phi) is 50.6. The van der Waals surface area contributed by atoms with Crippen molar-refractivity contribution in [2.24, 2.45) is 11.8 Å². The Morgan fingerprint density at radius 1 is 0.406 bits per heavy atom. The Balaban J connectivity index is 5.53. The lowest BCUT2D eigenvalue weighted by atomic mass is 9.98. The van der Waals surface area contributed by atoms with Crippen LogP contribution >= 0.6 is 11.8 Å². The van der Waals surface area contributed by atoms with Gasteiger partial charge in [0.2, 0.25) is 11.8 Å². The molecule has 33 heteroatoms. The number of carboxylic acid groups (broad SMARTS) is 1. The van der Waals surface area contributed by atoms with Crippen LogP contribution in [0.25, 0.3) is 0 Å². The standard InChI is InChI=1S/C63H99N7O25S/c1-7-50(76)90-38-41-93-61(85)68(35-25-17-14-21-31-64-55(79)53(46(5)71)47(6)72)59(83)66-33-23-15-18-26-36-69(62(86)94-42-39-91-51(77)8-2)60(84)67-34-24-16-19-27-37-70(63(87)95-43-40-92-52(78)30-45-96-44-29-49(74)75)58(82)65-32-22-13-11-12-20-28-48(73)54(56(80)88-9-3)57(81)89-10-4/h7-8,53-54H,1-2,9-45H2,3-6H3,(H,64,79)(H,65,82)(H,66,83)(H,67,84)(H,74,75). The van der Waals surface area contributed by atoms with E-state index in [4.69, 9.17) is 43.0 Å². The van der Waals surface area contributed by atoms with Crippen molar-refractivity contribution in [3.05, 3.63) is 25.3 Å². The molecule has 0 aliphatic rings. The van der Waals surface area contributed by atoms with Crippen LogP contribution in [0.2, 0.25) is 0 Å². The van der Waals surface area contributed by atoms with Crippen LogP contribution in [0.4, 0.5) is 28.8 Å². The number of carboxylic acids is 1. The zero-order valence-corrected chi connectivity index (χ0v) is 56.7. The Bertz CT molecular complexity index is 2490. The Morgan fingerprint density at radius 3 is 1.10 bits per heavy atom. The Morgan fingerprint density at radius 2 is 0.740 bits per heavy atom. The quantitative estimate of drug-likeness (QED) is 0.0147. The fourth-order valence-electron chi connectivity index (χ4n) is 8.49. The van der Waals surface area contributed by atoms with Gasteiger partial charge in [0, 0.05) is 75.9 Å². The number of ether oxygens (including phenoxy) is 8. The molecule has 96 heavy (non-hydrogen) atoms. The van der Waals surface area contributed by atoms with Crippen molar-refractivity contribution >= 4 is 107 Å². The highest BCUT2D eigenvalue weighted by Gasteiger charge is 2.36. The fourth-order valence-corrected chi connectivity index (χ4v) is 9.33. The highest BCUT2D eigenvalue weighted by Crippen LogP contribution is 2.15. The molecule has 0 radical (unpaired) electrons. The molecule has 0 aromatic carbocycles. The van der Waals surface area contributed by atoms with E-state index in [9.17, 15) is 76.7 Å². The number of amides is 10. The number of carbonyl (C=O) groups excluding carboxylic acids is 15. The SMILES string of the molecule is C=CC(=O)OCCOC(=O)N(CCCCCCNC(=O)C(C(C)=O)C(C)=O)C(=O)NCCCCCCN(C(=O)NCCCCCCN(C(=O)NCCCCCCCC(=O)C(C(=O)OCC)C(=O)OCC)C(=O)OCCOC(=O)CCSCCC(=O)O)C(=O)OCCOC(=O)C=C. The van der Waals surface area contributed by atoms with Crippen molar-refractivity contribution in [1.29, 1.82) is 0 Å². The van der Waals surface area contributed by atoms with E-state index in [0.29, 0.717) is 121 Å². The molecule has 0 aliphatic carbocycles. The number of unbranched alkanes of at least 4 members (excludes halogenated alkanes) is 13. The second-order valence-corrected chi connectivity index (χ2v) is 22.3. The highest BCUT2D eigenvalue weighted by atomic mass is 32.2. The third-order valence-corrected chi connectivity index (χ3v) is 14.4. The van der Waals surface area contributed by atoms with Gasteiger partial charge in [0.15, 0.2) is 11.7 Å². The summed E-state index contributed by atoms with van der Waals surface area (Å²) in [6.45, 7) is 10.4. The van der Waals surface area contributed by atoms with Crippen LogP contribution in [0.1, 0.15) is 156 Å². The predicted octanol–water partition coefficient (Wildman–Crippen LogP) is 6.27. The monoisotopic (exact) mass is 1390 g/mol. The van der Waals surface area contributed by atoms with Crippen molar-refractivity contribution in [2.45, 2.75) is 156 Å². The van der Waals surface area contributed by atoms with E-state index in [-0.39, 0.29) is 118 Å². The summed E-state index contributed by atoms with van der Waals surface area (Å²) >= 11 is 1.27. The predicted molar refractivity (Wildman–Crippen MR) is 345 cm³/mol. The van der Waals surface area contributed by atoms with Gasteiger partial charge in [-0.05, 0) is 79.1 Å². The van der Waals surface area contributed by atoms with Gasteiger partial charge in [0.25, 0.3) is 0 Å². The smallest absolute Gasteiger partial charge is 0.418 e. The third-order valence-electron chi connectivity index (χ3n) is 13.4. The van der Waals surface area contributed by atoms with Crippen molar-refractivity contribution < 1.29 is 120 Å². The van der Waals surface area contributed by atoms with E-state index in [2.05, 4.69) is 34.4 Å². The van der Waals surface area contributed by atoms with E-state index in [0.717, 1.165) is 40.7 Å². The number of ketones is 3. The number of carbonyl (C=O) groups is 16. The van der Waals surface area contributed by atoms with E-state index in [1.807, 2.05) is 0 Å². The molecule has 0 aromatic rings. The molecule has 0 rings (SSSR count). The van der Waals surface area contributed by atoms with Crippen LogP contribution in [0, 0.1) is 11.8 Å².